The van der Waals surface area contributed by atoms with Gasteiger partial charge in [0.05, 0.1) is 21.3 Å². The van der Waals surface area contributed by atoms with Gasteiger partial charge in [0, 0.05) is 23.8 Å². The highest BCUT2D eigenvalue weighted by atomic mass is 16.5. The van der Waals surface area contributed by atoms with Crippen LogP contribution < -0.4 is 18.8 Å². The third-order valence-electron chi connectivity index (χ3n) is 3.26. The molecule has 0 N–H and O–H groups in total. The molecule has 0 aliphatic rings. The number of hydrogen-bond acceptors (Lipinski definition) is 3. The van der Waals surface area contributed by atoms with E-state index in [1.165, 1.54) is 0 Å². The number of rotatable bonds is 5. The van der Waals surface area contributed by atoms with Crippen LogP contribution in [-0.4, -0.2) is 21.3 Å². The van der Waals surface area contributed by atoms with E-state index < -0.39 is 0 Å². The minimum Gasteiger partial charge on any atom is -0.493 e. The molecule has 2 aromatic rings. The van der Waals surface area contributed by atoms with Gasteiger partial charge in [0.1, 0.15) is 7.05 Å². The Labute approximate surface area is 125 Å². The highest BCUT2D eigenvalue weighted by Gasteiger charge is 2.14. The van der Waals surface area contributed by atoms with Crippen LogP contribution in [0.4, 0.5) is 0 Å². The maximum Gasteiger partial charge on any atom is 0.204 e. The van der Waals surface area contributed by atoms with Crippen LogP contribution in [0.25, 0.3) is 12.2 Å². The Balaban J connectivity index is 2.43. The maximum atomic E-state index is 5.47. The van der Waals surface area contributed by atoms with Crippen molar-refractivity contribution in [2.45, 2.75) is 0 Å². The summed E-state index contributed by atoms with van der Waals surface area (Å²) in [5.41, 5.74) is 2.02. The molecule has 0 unspecified atom stereocenters. The number of hydrogen-bond donors (Lipinski definition) is 0. The Kier molecular flexibility index (Phi) is 4.82. The molecule has 4 nitrogen and oxygen atoms in total. The van der Waals surface area contributed by atoms with E-state index in [-0.39, 0.29) is 0 Å². The third kappa shape index (κ3) is 3.16. The second kappa shape index (κ2) is 6.79. The van der Waals surface area contributed by atoms with Crippen molar-refractivity contribution in [2.75, 3.05) is 21.3 Å². The first-order valence-electron chi connectivity index (χ1n) is 6.63. The number of benzene rings is 1. The summed E-state index contributed by atoms with van der Waals surface area (Å²) in [5, 5.41) is 0. The summed E-state index contributed by atoms with van der Waals surface area (Å²) in [6, 6.07) is 9.86. The summed E-state index contributed by atoms with van der Waals surface area (Å²) in [4.78, 5) is 0. The zero-order valence-electron chi connectivity index (χ0n) is 12.8. The molecule has 1 aromatic carbocycles. The van der Waals surface area contributed by atoms with Crippen LogP contribution in [0.1, 0.15) is 11.3 Å². The van der Waals surface area contributed by atoms with E-state index in [4.69, 9.17) is 14.2 Å². The van der Waals surface area contributed by atoms with E-state index in [2.05, 4.69) is 0 Å². The lowest BCUT2D eigenvalue weighted by Crippen LogP contribution is -2.30. The van der Waals surface area contributed by atoms with Gasteiger partial charge in [-0.25, -0.2) is 4.57 Å². The lowest BCUT2D eigenvalue weighted by Gasteiger charge is -2.13. The number of nitrogens with zero attached hydrogens (tertiary/aromatic N) is 1. The van der Waals surface area contributed by atoms with Crippen molar-refractivity contribution < 1.29 is 18.8 Å². The van der Waals surface area contributed by atoms with Crippen molar-refractivity contribution in [3.63, 3.8) is 0 Å². The van der Waals surface area contributed by atoms with Gasteiger partial charge in [0.25, 0.3) is 0 Å². The molecule has 0 bridgehead atoms. The minimum atomic E-state index is 0.597. The van der Waals surface area contributed by atoms with Crippen molar-refractivity contribution >= 4 is 12.2 Å². The molecular weight excluding hydrogens is 266 g/mol. The number of ether oxygens (including phenoxy) is 3. The zero-order chi connectivity index (χ0) is 15.2. The molecule has 4 heteroatoms. The van der Waals surface area contributed by atoms with Crippen LogP contribution in [0.5, 0.6) is 17.2 Å². The van der Waals surface area contributed by atoms with Crippen LogP contribution in [0.2, 0.25) is 0 Å². The van der Waals surface area contributed by atoms with Gasteiger partial charge in [-0.2, -0.15) is 0 Å². The second-order valence-corrected chi connectivity index (χ2v) is 4.49. The predicted molar refractivity (Wildman–Crippen MR) is 82.6 cm³/mol. The van der Waals surface area contributed by atoms with E-state index in [1.807, 2.05) is 60.3 Å². The summed E-state index contributed by atoms with van der Waals surface area (Å²) < 4.78 is 18.2. The van der Waals surface area contributed by atoms with Gasteiger partial charge in [-0.05, 0) is 24.3 Å². The van der Waals surface area contributed by atoms with E-state index in [9.17, 15) is 0 Å². The number of aryl methyl sites for hydroxylation is 1. The fourth-order valence-electron chi connectivity index (χ4n) is 2.14. The quantitative estimate of drug-likeness (QED) is 0.792. The molecule has 110 valence electrons. The Hall–Kier alpha value is -2.49. The van der Waals surface area contributed by atoms with Crippen LogP contribution >= 0.6 is 0 Å². The SMILES string of the molecule is COc1ccc(C=Cc2cccc[n+]2C)c(OC)c1OC. The van der Waals surface area contributed by atoms with Crippen LogP contribution in [0.15, 0.2) is 36.5 Å². The molecule has 0 spiro atoms. The normalized spacial score (nSPS) is 10.7. The van der Waals surface area contributed by atoms with Gasteiger partial charge in [-0.15, -0.1) is 0 Å². The van der Waals surface area contributed by atoms with Crippen molar-refractivity contribution in [1.82, 2.24) is 0 Å². The highest BCUT2D eigenvalue weighted by Crippen LogP contribution is 2.40. The molecule has 0 saturated heterocycles. The first-order valence-corrected chi connectivity index (χ1v) is 6.63. The number of pyridine rings is 1. The Bertz CT molecular complexity index is 650. The Morgan fingerprint density at radius 1 is 0.857 bits per heavy atom. The lowest BCUT2D eigenvalue weighted by atomic mass is 10.1. The van der Waals surface area contributed by atoms with E-state index in [0.29, 0.717) is 17.2 Å². The summed E-state index contributed by atoms with van der Waals surface area (Å²) >= 11 is 0. The largest absolute Gasteiger partial charge is 0.493 e. The van der Waals surface area contributed by atoms with Gasteiger partial charge >= 0.3 is 0 Å². The summed E-state index contributed by atoms with van der Waals surface area (Å²) in [6.07, 6.45) is 6.03. The number of aromatic nitrogens is 1. The lowest BCUT2D eigenvalue weighted by molar-refractivity contribution is -0.673. The van der Waals surface area contributed by atoms with Crippen molar-refractivity contribution in [3.05, 3.63) is 47.8 Å². The molecule has 2 rings (SSSR count). The fraction of sp³-hybridized carbons (Fsp3) is 0.235. The van der Waals surface area contributed by atoms with Gasteiger partial charge in [-0.1, -0.05) is 0 Å². The molecular formula is C17H20NO3+. The summed E-state index contributed by atoms with van der Waals surface area (Å²) in [6.45, 7) is 0. The van der Waals surface area contributed by atoms with Crippen LogP contribution in [0, 0.1) is 0 Å². The van der Waals surface area contributed by atoms with E-state index in [0.717, 1.165) is 11.3 Å². The van der Waals surface area contributed by atoms with Gasteiger partial charge in [-0.3, -0.25) is 0 Å². The molecule has 21 heavy (non-hydrogen) atoms. The third-order valence-corrected chi connectivity index (χ3v) is 3.26. The highest BCUT2D eigenvalue weighted by molar-refractivity contribution is 5.74. The average Bonchev–Trinajstić information content (AvgIpc) is 2.52. The fourth-order valence-corrected chi connectivity index (χ4v) is 2.14. The van der Waals surface area contributed by atoms with Crippen molar-refractivity contribution in [3.8, 4) is 17.2 Å². The Morgan fingerprint density at radius 2 is 1.62 bits per heavy atom. The zero-order valence-corrected chi connectivity index (χ0v) is 12.8. The monoisotopic (exact) mass is 286 g/mol. The van der Waals surface area contributed by atoms with Crippen molar-refractivity contribution in [2.24, 2.45) is 7.05 Å². The summed E-state index contributed by atoms with van der Waals surface area (Å²) in [7, 11) is 6.84. The van der Waals surface area contributed by atoms with Crippen LogP contribution in [-0.2, 0) is 7.05 Å². The second-order valence-electron chi connectivity index (χ2n) is 4.49. The van der Waals surface area contributed by atoms with Crippen molar-refractivity contribution in [1.29, 1.82) is 0 Å². The average molecular weight is 286 g/mol. The molecule has 1 heterocycles. The smallest absolute Gasteiger partial charge is 0.204 e. The first kappa shape index (κ1) is 14.9. The molecule has 0 radical (unpaired) electrons. The van der Waals surface area contributed by atoms with E-state index in [1.54, 1.807) is 21.3 Å². The predicted octanol–water partition coefficient (Wildman–Crippen LogP) is 2.71. The first-order chi connectivity index (χ1) is 10.2. The van der Waals surface area contributed by atoms with Gasteiger partial charge in [0.2, 0.25) is 11.4 Å². The number of methoxy groups -OCH3 is 3. The molecule has 0 atom stereocenters. The molecule has 0 aliphatic heterocycles. The molecule has 0 aliphatic carbocycles. The van der Waals surface area contributed by atoms with Crippen LogP contribution in [0.3, 0.4) is 0 Å². The molecule has 0 amide bonds. The minimum absolute atomic E-state index is 0.597. The molecule has 1 aromatic heterocycles. The standard InChI is InChI=1S/C17H20NO3/c1-18-12-6-5-7-14(18)10-8-13-9-11-15(19-2)17(21-4)16(13)20-3/h5-12H,1-4H3/q+1. The van der Waals surface area contributed by atoms with Gasteiger partial charge < -0.3 is 14.2 Å². The molecule has 0 fully saturated rings. The van der Waals surface area contributed by atoms with E-state index >= 15 is 0 Å². The topological polar surface area (TPSA) is 31.6 Å². The Morgan fingerprint density at radius 3 is 2.24 bits per heavy atom. The maximum absolute atomic E-state index is 5.47. The molecule has 0 saturated carbocycles. The van der Waals surface area contributed by atoms with Gasteiger partial charge in [0.15, 0.2) is 17.7 Å². The summed E-state index contributed by atoms with van der Waals surface area (Å²) in [5.74, 6) is 1.91.